The van der Waals surface area contributed by atoms with Gasteiger partial charge >= 0.3 is 5.69 Å². The summed E-state index contributed by atoms with van der Waals surface area (Å²) in [5, 5.41) is 11.3. The number of nitro groups is 1. The third kappa shape index (κ3) is 2.01. The first-order valence-corrected chi connectivity index (χ1v) is 7.61. The molecule has 6 heteroatoms. The van der Waals surface area contributed by atoms with Crippen LogP contribution >= 0.6 is 11.6 Å². The maximum Gasteiger partial charge on any atom is 0.331 e. The fraction of sp³-hybridized carbons (Fsp3) is 0.667. The van der Waals surface area contributed by atoms with Gasteiger partial charge in [0, 0.05) is 11.5 Å². The summed E-state index contributed by atoms with van der Waals surface area (Å²) in [5.41, 5.74) is 0.0872. The molecule has 0 amide bonds. The minimum absolute atomic E-state index is 0.0233. The first-order valence-electron chi connectivity index (χ1n) is 7.23. The topological polar surface area (TPSA) is 65.3 Å². The van der Waals surface area contributed by atoms with Crippen molar-refractivity contribution in [3.8, 4) is 5.88 Å². The van der Waals surface area contributed by atoms with Crippen molar-refractivity contribution >= 4 is 17.3 Å². The van der Waals surface area contributed by atoms with Gasteiger partial charge in [-0.15, -0.1) is 0 Å². The standard InChI is InChI=1S/C15H19ClN2O3/c1-14(2)9-6-7-15(14,3)11(8-9)21-13-10(18(19)20)4-5-12(16)17-13/h4-5,9,11H,6-8H2,1-3H3. The number of hydrogen-bond acceptors (Lipinski definition) is 4. The molecule has 1 aromatic rings. The van der Waals surface area contributed by atoms with Gasteiger partial charge in [-0.1, -0.05) is 32.4 Å². The summed E-state index contributed by atoms with van der Waals surface area (Å²) in [6, 6.07) is 2.77. The van der Waals surface area contributed by atoms with Crippen molar-refractivity contribution in [3.63, 3.8) is 0 Å². The molecule has 21 heavy (non-hydrogen) atoms. The van der Waals surface area contributed by atoms with Gasteiger partial charge in [0.15, 0.2) is 0 Å². The van der Waals surface area contributed by atoms with Crippen LogP contribution in [0.2, 0.25) is 5.15 Å². The minimum atomic E-state index is -0.473. The van der Waals surface area contributed by atoms with Crippen LogP contribution in [-0.2, 0) is 0 Å². The van der Waals surface area contributed by atoms with Gasteiger partial charge in [-0.05, 0) is 36.7 Å². The molecule has 3 unspecified atom stereocenters. The van der Waals surface area contributed by atoms with Gasteiger partial charge in [-0.25, -0.2) is 0 Å². The molecule has 1 heterocycles. The largest absolute Gasteiger partial charge is 0.469 e. The lowest BCUT2D eigenvalue weighted by Crippen LogP contribution is -2.39. The normalized spacial score (nSPS) is 33.1. The van der Waals surface area contributed by atoms with Crippen molar-refractivity contribution < 1.29 is 9.66 Å². The van der Waals surface area contributed by atoms with E-state index in [1.54, 1.807) is 0 Å². The fourth-order valence-corrected chi connectivity index (χ4v) is 4.22. The van der Waals surface area contributed by atoms with E-state index in [1.807, 2.05) is 0 Å². The highest BCUT2D eigenvalue weighted by molar-refractivity contribution is 6.29. The zero-order valence-corrected chi connectivity index (χ0v) is 13.2. The van der Waals surface area contributed by atoms with Gasteiger partial charge in [0.1, 0.15) is 11.3 Å². The van der Waals surface area contributed by atoms with Crippen LogP contribution in [0, 0.1) is 26.9 Å². The monoisotopic (exact) mass is 310 g/mol. The lowest BCUT2D eigenvalue weighted by atomic mass is 9.70. The molecule has 2 aliphatic rings. The maximum atomic E-state index is 11.1. The molecule has 5 nitrogen and oxygen atoms in total. The number of halogens is 1. The minimum Gasteiger partial charge on any atom is -0.469 e. The molecule has 0 radical (unpaired) electrons. The average molecular weight is 311 g/mol. The van der Waals surface area contributed by atoms with Gasteiger partial charge in [-0.3, -0.25) is 10.1 Å². The summed E-state index contributed by atoms with van der Waals surface area (Å²) >= 11 is 5.86. The third-order valence-corrected chi connectivity index (χ3v) is 6.18. The number of fused-ring (bicyclic) bond motifs is 2. The van der Waals surface area contributed by atoms with Crippen LogP contribution < -0.4 is 4.74 Å². The molecule has 3 rings (SSSR count). The van der Waals surface area contributed by atoms with Crippen LogP contribution in [0.4, 0.5) is 5.69 Å². The van der Waals surface area contributed by atoms with Crippen molar-refractivity contribution in [2.24, 2.45) is 16.7 Å². The summed E-state index contributed by atoms with van der Waals surface area (Å²) in [4.78, 5) is 14.7. The molecule has 0 aromatic carbocycles. The molecular weight excluding hydrogens is 292 g/mol. The molecule has 1 aromatic heterocycles. The van der Waals surface area contributed by atoms with Crippen molar-refractivity contribution in [1.82, 2.24) is 4.98 Å². The van der Waals surface area contributed by atoms with E-state index in [0.29, 0.717) is 5.92 Å². The van der Waals surface area contributed by atoms with Gasteiger partial charge in [0.05, 0.1) is 4.92 Å². The van der Waals surface area contributed by atoms with Crippen LogP contribution in [0.15, 0.2) is 12.1 Å². The van der Waals surface area contributed by atoms with Gasteiger partial charge in [0.2, 0.25) is 0 Å². The molecule has 2 saturated carbocycles. The molecule has 0 spiro atoms. The van der Waals surface area contributed by atoms with Crippen LogP contribution in [-0.4, -0.2) is 16.0 Å². The van der Waals surface area contributed by atoms with Gasteiger partial charge < -0.3 is 4.74 Å². The molecular formula is C15H19ClN2O3. The molecule has 0 aliphatic heterocycles. The molecule has 2 bridgehead atoms. The van der Waals surface area contributed by atoms with E-state index in [0.717, 1.165) is 12.8 Å². The van der Waals surface area contributed by atoms with E-state index in [4.69, 9.17) is 16.3 Å². The van der Waals surface area contributed by atoms with Crippen LogP contribution in [0.5, 0.6) is 5.88 Å². The van der Waals surface area contributed by atoms with Crippen molar-refractivity contribution in [1.29, 1.82) is 0 Å². The zero-order valence-electron chi connectivity index (χ0n) is 12.4. The maximum absolute atomic E-state index is 11.1. The van der Waals surface area contributed by atoms with E-state index in [-0.39, 0.29) is 33.7 Å². The molecule has 114 valence electrons. The number of hydrogen-bond donors (Lipinski definition) is 0. The Morgan fingerprint density at radius 1 is 1.43 bits per heavy atom. The van der Waals surface area contributed by atoms with Crippen LogP contribution in [0.25, 0.3) is 0 Å². The van der Waals surface area contributed by atoms with E-state index in [2.05, 4.69) is 25.8 Å². The number of rotatable bonds is 3. The number of aromatic nitrogens is 1. The summed E-state index contributed by atoms with van der Waals surface area (Å²) in [6.07, 6.45) is 3.17. The van der Waals surface area contributed by atoms with Crippen molar-refractivity contribution in [2.45, 2.75) is 46.1 Å². The first-order chi connectivity index (χ1) is 9.75. The fourth-order valence-electron chi connectivity index (χ4n) is 4.08. The highest BCUT2D eigenvalue weighted by Gasteiger charge is 2.62. The smallest absolute Gasteiger partial charge is 0.331 e. The second kappa shape index (κ2) is 4.57. The second-order valence-corrected chi connectivity index (χ2v) is 7.32. The Morgan fingerprint density at radius 2 is 2.14 bits per heavy atom. The Hall–Kier alpha value is -1.36. The van der Waals surface area contributed by atoms with Crippen LogP contribution in [0.3, 0.4) is 0 Å². The van der Waals surface area contributed by atoms with E-state index >= 15 is 0 Å². The quantitative estimate of drug-likeness (QED) is 0.476. The zero-order chi connectivity index (χ0) is 15.4. The molecule has 2 aliphatic carbocycles. The SMILES string of the molecule is CC1(C)C2CCC1(C)C(Oc1nc(Cl)ccc1[N+](=O)[O-])C2. The molecule has 3 atom stereocenters. The summed E-state index contributed by atoms with van der Waals surface area (Å²) < 4.78 is 5.98. The molecule has 2 fully saturated rings. The summed E-state index contributed by atoms with van der Waals surface area (Å²) in [7, 11) is 0. The van der Waals surface area contributed by atoms with Gasteiger partial charge in [-0.2, -0.15) is 4.98 Å². The summed E-state index contributed by atoms with van der Waals surface area (Å²) in [5.74, 6) is 0.646. The highest BCUT2D eigenvalue weighted by atomic mass is 35.5. The lowest BCUT2D eigenvalue weighted by molar-refractivity contribution is -0.386. The van der Waals surface area contributed by atoms with E-state index < -0.39 is 4.92 Å². The summed E-state index contributed by atoms with van der Waals surface area (Å²) in [6.45, 7) is 6.77. The Bertz CT molecular complexity index is 605. The second-order valence-electron chi connectivity index (χ2n) is 6.93. The van der Waals surface area contributed by atoms with Gasteiger partial charge in [0.25, 0.3) is 5.88 Å². The number of nitrogens with zero attached hydrogens (tertiary/aromatic N) is 2. The van der Waals surface area contributed by atoms with Crippen LogP contribution in [0.1, 0.15) is 40.0 Å². The van der Waals surface area contributed by atoms with Crippen molar-refractivity contribution in [3.05, 3.63) is 27.4 Å². The first kappa shape index (κ1) is 14.6. The van der Waals surface area contributed by atoms with Crippen molar-refractivity contribution in [2.75, 3.05) is 0 Å². The molecule has 0 saturated heterocycles. The Balaban J connectivity index is 1.92. The highest BCUT2D eigenvalue weighted by Crippen LogP contribution is 2.66. The van der Waals surface area contributed by atoms with E-state index in [1.165, 1.54) is 18.6 Å². The van der Waals surface area contributed by atoms with E-state index in [9.17, 15) is 10.1 Å². The predicted molar refractivity (Wildman–Crippen MR) is 79.5 cm³/mol. The Morgan fingerprint density at radius 3 is 2.67 bits per heavy atom. The predicted octanol–water partition coefficient (Wildman–Crippen LogP) is 4.24. The number of ether oxygens (including phenoxy) is 1. The number of pyridine rings is 1. The average Bonchev–Trinajstić information content (AvgIpc) is 2.71. The Labute approximate surface area is 128 Å². The Kier molecular flexibility index (Phi) is 3.17. The third-order valence-electron chi connectivity index (χ3n) is 5.97. The molecule has 0 N–H and O–H groups in total. The lowest BCUT2D eigenvalue weighted by Gasteiger charge is -2.38.